The number of thioether (sulfide) groups is 1. The highest BCUT2D eigenvalue weighted by Gasteiger charge is 2.06. The van der Waals surface area contributed by atoms with Gasteiger partial charge in [0.2, 0.25) is 0 Å². The quantitative estimate of drug-likeness (QED) is 0.182. The number of aromatic carboxylic acids is 1. The largest absolute Gasteiger partial charge is 0.477 e. The normalized spacial score (nSPS) is 11.1. The van der Waals surface area contributed by atoms with Gasteiger partial charge >= 0.3 is 5.97 Å². The van der Waals surface area contributed by atoms with Gasteiger partial charge in [-0.15, -0.1) is 23.1 Å². The molecular formula is C23H40O2S2. The molecule has 1 aromatic heterocycles. The number of carbonyl (C=O) groups is 1. The van der Waals surface area contributed by atoms with E-state index in [-0.39, 0.29) is 0 Å². The predicted octanol–water partition coefficient (Wildman–Crippen LogP) is 8.80. The first kappa shape index (κ1) is 24.6. The van der Waals surface area contributed by atoms with Crippen molar-refractivity contribution >= 4 is 29.1 Å². The molecule has 2 nitrogen and oxygen atoms in total. The minimum Gasteiger partial charge on any atom is -0.477 e. The second kappa shape index (κ2) is 17.6. The van der Waals surface area contributed by atoms with Crippen molar-refractivity contribution in [3.8, 4) is 0 Å². The van der Waals surface area contributed by atoms with Crippen molar-refractivity contribution in [3.63, 3.8) is 0 Å². The smallest absolute Gasteiger partial charge is 0.345 e. The molecule has 1 rings (SSSR count). The summed E-state index contributed by atoms with van der Waals surface area (Å²) < 4.78 is 1.13. The topological polar surface area (TPSA) is 37.3 Å². The van der Waals surface area contributed by atoms with Crippen molar-refractivity contribution in [1.82, 2.24) is 0 Å². The molecular weight excluding hydrogens is 372 g/mol. The van der Waals surface area contributed by atoms with Crippen LogP contribution in [-0.4, -0.2) is 16.8 Å². The Bertz CT molecular complexity index is 471. The fourth-order valence-corrected chi connectivity index (χ4v) is 5.38. The predicted molar refractivity (Wildman–Crippen MR) is 122 cm³/mol. The molecule has 27 heavy (non-hydrogen) atoms. The molecule has 0 radical (unpaired) electrons. The van der Waals surface area contributed by atoms with Gasteiger partial charge in [-0.1, -0.05) is 103 Å². The Morgan fingerprint density at radius 3 is 1.63 bits per heavy atom. The summed E-state index contributed by atoms with van der Waals surface area (Å²) in [6.45, 7) is 2.28. The first-order valence-corrected chi connectivity index (χ1v) is 13.0. The van der Waals surface area contributed by atoms with Gasteiger partial charge in [-0.05, 0) is 24.3 Å². The van der Waals surface area contributed by atoms with Gasteiger partial charge in [0.05, 0.1) is 4.21 Å². The molecule has 1 heterocycles. The third-order valence-electron chi connectivity index (χ3n) is 5.03. The van der Waals surface area contributed by atoms with E-state index in [1.54, 1.807) is 17.8 Å². The summed E-state index contributed by atoms with van der Waals surface area (Å²) in [5, 5.41) is 8.92. The van der Waals surface area contributed by atoms with Crippen molar-refractivity contribution in [1.29, 1.82) is 0 Å². The summed E-state index contributed by atoms with van der Waals surface area (Å²) in [5.41, 5.74) is 0. The number of rotatable bonds is 19. The molecule has 0 spiro atoms. The maximum atomic E-state index is 10.8. The molecule has 0 aliphatic carbocycles. The van der Waals surface area contributed by atoms with Crippen molar-refractivity contribution in [3.05, 3.63) is 17.0 Å². The van der Waals surface area contributed by atoms with Crippen LogP contribution in [0.2, 0.25) is 0 Å². The Balaban J connectivity index is 1.76. The van der Waals surface area contributed by atoms with Crippen molar-refractivity contribution < 1.29 is 9.90 Å². The summed E-state index contributed by atoms with van der Waals surface area (Å²) in [6, 6.07) is 3.65. The van der Waals surface area contributed by atoms with Crippen molar-refractivity contribution in [2.45, 2.75) is 114 Å². The van der Waals surface area contributed by atoms with E-state index in [1.165, 1.54) is 114 Å². The van der Waals surface area contributed by atoms with E-state index >= 15 is 0 Å². The van der Waals surface area contributed by atoms with E-state index in [1.807, 2.05) is 6.07 Å². The molecule has 0 amide bonds. The van der Waals surface area contributed by atoms with Gasteiger partial charge in [-0.25, -0.2) is 4.79 Å². The molecule has 0 bridgehead atoms. The SMILES string of the molecule is CCCCCCCCCCCCCCCCCCSc1ccc(C(=O)O)s1. The average molecular weight is 413 g/mol. The van der Waals surface area contributed by atoms with Crippen LogP contribution >= 0.6 is 23.1 Å². The molecule has 0 aliphatic rings. The third-order valence-corrected chi connectivity index (χ3v) is 7.42. The van der Waals surface area contributed by atoms with E-state index < -0.39 is 5.97 Å². The van der Waals surface area contributed by atoms with Gasteiger partial charge < -0.3 is 5.11 Å². The fourth-order valence-electron chi connectivity index (χ4n) is 3.34. The molecule has 0 aromatic carbocycles. The van der Waals surface area contributed by atoms with E-state index in [2.05, 4.69) is 6.92 Å². The Kier molecular flexibility index (Phi) is 16.0. The molecule has 156 valence electrons. The summed E-state index contributed by atoms with van der Waals surface area (Å²) >= 11 is 3.19. The Morgan fingerprint density at radius 2 is 1.22 bits per heavy atom. The Labute approximate surface area is 175 Å². The molecule has 0 saturated heterocycles. The first-order valence-electron chi connectivity index (χ1n) is 11.2. The number of thiophene rings is 1. The fraction of sp³-hybridized carbons (Fsp3) is 0.783. The summed E-state index contributed by atoms with van der Waals surface area (Å²) in [7, 11) is 0. The van der Waals surface area contributed by atoms with Crippen LogP contribution in [0.1, 0.15) is 119 Å². The zero-order valence-electron chi connectivity index (χ0n) is 17.3. The molecule has 4 heteroatoms. The number of carboxylic acids is 1. The Morgan fingerprint density at radius 1 is 0.778 bits per heavy atom. The van der Waals surface area contributed by atoms with Gasteiger partial charge in [0.25, 0.3) is 0 Å². The average Bonchev–Trinajstić information content (AvgIpc) is 3.13. The van der Waals surface area contributed by atoms with Crippen LogP contribution in [-0.2, 0) is 0 Å². The number of unbranched alkanes of at least 4 members (excludes halogenated alkanes) is 15. The van der Waals surface area contributed by atoms with Gasteiger partial charge in [0.15, 0.2) is 0 Å². The lowest BCUT2D eigenvalue weighted by Crippen LogP contribution is -1.89. The van der Waals surface area contributed by atoms with E-state index in [0.29, 0.717) is 4.88 Å². The number of carboxylic acid groups (broad SMARTS) is 1. The van der Waals surface area contributed by atoms with Crippen LogP contribution in [0.4, 0.5) is 0 Å². The van der Waals surface area contributed by atoms with Crippen LogP contribution in [0.25, 0.3) is 0 Å². The highest BCUT2D eigenvalue weighted by atomic mass is 32.2. The van der Waals surface area contributed by atoms with Gasteiger partial charge in [-0.3, -0.25) is 0 Å². The lowest BCUT2D eigenvalue weighted by molar-refractivity contribution is 0.0702. The van der Waals surface area contributed by atoms with Crippen LogP contribution in [0.15, 0.2) is 16.3 Å². The number of hydrogen-bond donors (Lipinski definition) is 1. The third kappa shape index (κ3) is 14.2. The minimum absolute atomic E-state index is 0.449. The highest BCUT2D eigenvalue weighted by Crippen LogP contribution is 2.28. The van der Waals surface area contributed by atoms with E-state index in [4.69, 9.17) is 5.11 Å². The van der Waals surface area contributed by atoms with Crippen LogP contribution < -0.4 is 0 Å². The molecule has 0 atom stereocenters. The van der Waals surface area contributed by atoms with Crippen LogP contribution in [0, 0.1) is 0 Å². The van der Waals surface area contributed by atoms with Crippen LogP contribution in [0.3, 0.4) is 0 Å². The highest BCUT2D eigenvalue weighted by molar-refractivity contribution is 8.01. The van der Waals surface area contributed by atoms with Gasteiger partial charge in [-0.2, -0.15) is 0 Å². The zero-order valence-corrected chi connectivity index (χ0v) is 19.0. The van der Waals surface area contributed by atoms with Crippen molar-refractivity contribution in [2.24, 2.45) is 0 Å². The molecule has 0 fully saturated rings. The van der Waals surface area contributed by atoms with Crippen molar-refractivity contribution in [2.75, 3.05) is 5.75 Å². The second-order valence-corrected chi connectivity index (χ2v) is 10.1. The summed E-state index contributed by atoms with van der Waals surface area (Å²) in [4.78, 5) is 11.3. The number of hydrogen-bond acceptors (Lipinski definition) is 3. The molecule has 0 unspecified atom stereocenters. The maximum absolute atomic E-state index is 10.8. The van der Waals surface area contributed by atoms with E-state index in [9.17, 15) is 4.79 Å². The molecule has 0 aliphatic heterocycles. The molecule has 1 aromatic rings. The minimum atomic E-state index is -0.811. The Hall–Kier alpha value is -0.480. The van der Waals surface area contributed by atoms with Gasteiger partial charge in [0.1, 0.15) is 4.88 Å². The molecule has 1 N–H and O–H groups in total. The zero-order chi connectivity index (χ0) is 19.6. The first-order chi connectivity index (χ1) is 13.2. The van der Waals surface area contributed by atoms with E-state index in [0.717, 1.165) is 9.96 Å². The maximum Gasteiger partial charge on any atom is 0.345 e. The summed E-state index contributed by atoms with van der Waals surface area (Å²) in [5.74, 6) is 0.298. The lowest BCUT2D eigenvalue weighted by atomic mass is 10.0. The molecule has 0 saturated carbocycles. The second-order valence-electron chi connectivity index (χ2n) is 7.58. The lowest BCUT2D eigenvalue weighted by Gasteiger charge is -2.03. The standard InChI is InChI=1S/C23H40O2S2/c1-2-3-4-5-6-7-8-9-10-11-12-13-14-15-16-17-20-26-22-19-18-21(27-22)23(24)25/h18-19H,2-17,20H2,1H3,(H,24,25). The summed E-state index contributed by atoms with van der Waals surface area (Å²) in [6.07, 6.45) is 22.4. The monoisotopic (exact) mass is 412 g/mol. The van der Waals surface area contributed by atoms with Gasteiger partial charge in [0, 0.05) is 0 Å². The van der Waals surface area contributed by atoms with Crippen LogP contribution in [0.5, 0.6) is 0 Å².